The molecule has 4 nitrogen and oxygen atoms in total. The summed E-state index contributed by atoms with van der Waals surface area (Å²) in [7, 11) is 0. The SMILES string of the molecule is Cc1ccccc1Nc1c(-c2ccccn2)nc2ccc(Cl)cn12. The molecule has 0 radical (unpaired) electrons. The Kier molecular flexibility index (Phi) is 3.67. The van der Waals surface area contributed by atoms with Crippen molar-refractivity contribution in [1.29, 1.82) is 0 Å². The van der Waals surface area contributed by atoms with Crippen LogP contribution in [0.15, 0.2) is 67.0 Å². The van der Waals surface area contributed by atoms with Gasteiger partial charge in [-0.15, -0.1) is 0 Å². The van der Waals surface area contributed by atoms with Gasteiger partial charge >= 0.3 is 0 Å². The van der Waals surface area contributed by atoms with E-state index in [0.29, 0.717) is 5.02 Å². The maximum atomic E-state index is 6.19. The molecule has 0 aliphatic carbocycles. The number of halogens is 1. The summed E-state index contributed by atoms with van der Waals surface area (Å²) < 4.78 is 1.96. The number of pyridine rings is 2. The summed E-state index contributed by atoms with van der Waals surface area (Å²) >= 11 is 6.19. The number of rotatable bonds is 3. The van der Waals surface area contributed by atoms with E-state index in [4.69, 9.17) is 16.6 Å². The average Bonchev–Trinajstić information content (AvgIpc) is 2.96. The van der Waals surface area contributed by atoms with Gasteiger partial charge in [0.15, 0.2) is 0 Å². The third-order valence-corrected chi connectivity index (χ3v) is 4.11. The normalized spacial score (nSPS) is 10.9. The first-order chi connectivity index (χ1) is 11.7. The number of fused-ring (bicyclic) bond motifs is 1. The van der Waals surface area contributed by atoms with Crippen molar-refractivity contribution in [1.82, 2.24) is 14.4 Å². The number of hydrogen-bond donors (Lipinski definition) is 1. The fraction of sp³-hybridized carbons (Fsp3) is 0.0526. The van der Waals surface area contributed by atoms with E-state index in [1.165, 1.54) is 0 Å². The Morgan fingerprint density at radius 2 is 1.83 bits per heavy atom. The maximum Gasteiger partial charge on any atom is 0.144 e. The highest BCUT2D eigenvalue weighted by atomic mass is 35.5. The van der Waals surface area contributed by atoms with Crippen molar-refractivity contribution >= 4 is 28.8 Å². The maximum absolute atomic E-state index is 6.19. The minimum absolute atomic E-state index is 0.653. The van der Waals surface area contributed by atoms with Crippen molar-refractivity contribution < 1.29 is 0 Å². The molecule has 0 aliphatic heterocycles. The van der Waals surface area contributed by atoms with E-state index in [0.717, 1.165) is 34.1 Å². The van der Waals surface area contributed by atoms with E-state index in [1.54, 1.807) is 6.20 Å². The molecule has 118 valence electrons. The molecule has 0 atom stereocenters. The van der Waals surface area contributed by atoms with Gasteiger partial charge in [-0.3, -0.25) is 9.38 Å². The molecule has 3 heterocycles. The Bertz CT molecular complexity index is 1010. The molecule has 24 heavy (non-hydrogen) atoms. The van der Waals surface area contributed by atoms with Crippen molar-refractivity contribution in [3.8, 4) is 11.4 Å². The first-order valence-corrected chi connectivity index (χ1v) is 8.02. The van der Waals surface area contributed by atoms with Crippen molar-refractivity contribution in [3.05, 3.63) is 77.6 Å². The zero-order chi connectivity index (χ0) is 16.5. The van der Waals surface area contributed by atoms with Crippen LogP contribution in [-0.4, -0.2) is 14.4 Å². The highest BCUT2D eigenvalue weighted by molar-refractivity contribution is 6.30. The molecule has 0 unspecified atom stereocenters. The van der Waals surface area contributed by atoms with Crippen molar-refractivity contribution in [2.45, 2.75) is 6.92 Å². The number of benzene rings is 1. The minimum Gasteiger partial charge on any atom is -0.339 e. The molecule has 5 heteroatoms. The molecule has 0 spiro atoms. The number of aromatic nitrogens is 3. The van der Waals surface area contributed by atoms with Gasteiger partial charge in [0.2, 0.25) is 0 Å². The van der Waals surface area contributed by atoms with Crippen LogP contribution < -0.4 is 5.32 Å². The van der Waals surface area contributed by atoms with Gasteiger partial charge in [-0.25, -0.2) is 4.98 Å². The van der Waals surface area contributed by atoms with E-state index in [1.807, 2.05) is 59.1 Å². The van der Waals surface area contributed by atoms with Crippen molar-refractivity contribution in [3.63, 3.8) is 0 Å². The second-order valence-corrected chi connectivity index (χ2v) is 5.98. The first kappa shape index (κ1) is 14.7. The molecule has 0 aliphatic rings. The number of hydrogen-bond acceptors (Lipinski definition) is 3. The van der Waals surface area contributed by atoms with Gasteiger partial charge in [-0.2, -0.15) is 0 Å². The van der Waals surface area contributed by atoms with Crippen LogP contribution in [0.3, 0.4) is 0 Å². The van der Waals surface area contributed by atoms with Crippen LogP contribution in [0.5, 0.6) is 0 Å². The second-order valence-electron chi connectivity index (χ2n) is 5.54. The second kappa shape index (κ2) is 5.98. The van der Waals surface area contributed by atoms with Crippen LogP contribution in [0.2, 0.25) is 5.02 Å². The number of nitrogens with zero attached hydrogens (tertiary/aromatic N) is 3. The molecule has 1 aromatic carbocycles. The summed E-state index contributed by atoms with van der Waals surface area (Å²) in [6.45, 7) is 2.07. The van der Waals surface area contributed by atoms with Gasteiger partial charge < -0.3 is 5.32 Å². The molecule has 0 amide bonds. The standard InChI is InChI=1S/C19H15ClN4/c1-13-6-2-3-7-15(13)22-19-18(16-8-4-5-11-21-16)23-17-10-9-14(20)12-24(17)19/h2-12,22H,1H3. The Balaban J connectivity index is 1.94. The average molecular weight is 335 g/mol. The highest BCUT2D eigenvalue weighted by Gasteiger charge is 2.16. The van der Waals surface area contributed by atoms with Gasteiger partial charge in [-0.05, 0) is 42.8 Å². The largest absolute Gasteiger partial charge is 0.339 e. The lowest BCUT2D eigenvalue weighted by Gasteiger charge is -2.11. The molecule has 3 aromatic heterocycles. The van der Waals surface area contributed by atoms with Gasteiger partial charge in [0.05, 0.1) is 10.7 Å². The Hall–Kier alpha value is -2.85. The molecular formula is C19H15ClN4. The van der Waals surface area contributed by atoms with Crippen molar-refractivity contribution in [2.75, 3.05) is 5.32 Å². The summed E-state index contributed by atoms with van der Waals surface area (Å²) in [4.78, 5) is 9.17. The van der Waals surface area contributed by atoms with Gasteiger partial charge in [0, 0.05) is 18.1 Å². The summed E-state index contributed by atoms with van der Waals surface area (Å²) in [6.07, 6.45) is 3.63. The summed E-state index contributed by atoms with van der Waals surface area (Å²) in [5.41, 5.74) is 4.60. The molecule has 0 saturated carbocycles. The molecule has 0 fully saturated rings. The highest BCUT2D eigenvalue weighted by Crippen LogP contribution is 2.31. The molecule has 4 rings (SSSR count). The lowest BCUT2D eigenvalue weighted by Crippen LogP contribution is -1.99. The Morgan fingerprint density at radius 1 is 1.00 bits per heavy atom. The van der Waals surface area contributed by atoms with Gasteiger partial charge in [-0.1, -0.05) is 35.9 Å². The Morgan fingerprint density at radius 3 is 2.62 bits per heavy atom. The first-order valence-electron chi connectivity index (χ1n) is 7.64. The van der Waals surface area contributed by atoms with E-state index < -0.39 is 0 Å². The summed E-state index contributed by atoms with van der Waals surface area (Å²) in [5.74, 6) is 0.848. The molecular weight excluding hydrogens is 320 g/mol. The van der Waals surface area contributed by atoms with E-state index in [9.17, 15) is 0 Å². The topological polar surface area (TPSA) is 42.2 Å². The predicted molar refractivity (Wildman–Crippen MR) is 97.9 cm³/mol. The van der Waals surface area contributed by atoms with Crippen LogP contribution in [0.1, 0.15) is 5.56 Å². The summed E-state index contributed by atoms with van der Waals surface area (Å²) in [5, 5.41) is 4.14. The quantitative estimate of drug-likeness (QED) is 0.566. The number of nitrogens with one attached hydrogen (secondary N) is 1. The van der Waals surface area contributed by atoms with E-state index >= 15 is 0 Å². The van der Waals surface area contributed by atoms with Crippen LogP contribution in [-0.2, 0) is 0 Å². The van der Waals surface area contributed by atoms with E-state index in [-0.39, 0.29) is 0 Å². The van der Waals surface area contributed by atoms with Crippen LogP contribution in [0, 0.1) is 6.92 Å². The monoisotopic (exact) mass is 334 g/mol. The third kappa shape index (κ3) is 2.61. The fourth-order valence-corrected chi connectivity index (χ4v) is 2.82. The smallest absolute Gasteiger partial charge is 0.144 e. The van der Waals surface area contributed by atoms with Crippen LogP contribution in [0.4, 0.5) is 11.5 Å². The third-order valence-electron chi connectivity index (χ3n) is 3.89. The molecule has 0 bridgehead atoms. The summed E-state index contributed by atoms with van der Waals surface area (Å²) in [6, 6.07) is 17.7. The lowest BCUT2D eigenvalue weighted by atomic mass is 10.2. The molecule has 0 saturated heterocycles. The zero-order valence-electron chi connectivity index (χ0n) is 13.1. The van der Waals surface area contributed by atoms with Gasteiger partial charge in [0.25, 0.3) is 0 Å². The van der Waals surface area contributed by atoms with Gasteiger partial charge in [0.1, 0.15) is 17.2 Å². The predicted octanol–water partition coefficient (Wildman–Crippen LogP) is 5.10. The molecule has 1 N–H and O–H groups in total. The lowest BCUT2D eigenvalue weighted by molar-refractivity contribution is 1.18. The number of aryl methyl sites for hydroxylation is 1. The van der Waals surface area contributed by atoms with Crippen LogP contribution in [0.25, 0.3) is 17.0 Å². The Labute approximate surface area is 144 Å². The number of imidazole rings is 1. The van der Waals surface area contributed by atoms with E-state index in [2.05, 4.69) is 23.3 Å². The minimum atomic E-state index is 0.653. The fourth-order valence-electron chi connectivity index (χ4n) is 2.66. The molecule has 4 aromatic rings. The van der Waals surface area contributed by atoms with Crippen LogP contribution >= 0.6 is 11.6 Å². The van der Waals surface area contributed by atoms with Crippen molar-refractivity contribution in [2.24, 2.45) is 0 Å². The zero-order valence-corrected chi connectivity index (χ0v) is 13.8. The number of anilines is 2. The number of para-hydroxylation sites is 1.